The molecule has 2 saturated carbocycles. The number of nitrogens with zero attached hydrogens (tertiary/aromatic N) is 3. The zero-order valence-electron chi connectivity index (χ0n) is 22.8. The highest BCUT2D eigenvalue weighted by Crippen LogP contribution is 2.47. The van der Waals surface area contributed by atoms with E-state index in [4.69, 9.17) is 37.2 Å². The van der Waals surface area contributed by atoms with E-state index >= 15 is 0 Å². The van der Waals surface area contributed by atoms with Gasteiger partial charge in [0.15, 0.2) is 0 Å². The normalized spacial score (nSPS) is 21.2. The van der Waals surface area contributed by atoms with Crippen LogP contribution in [0.4, 0.5) is 10.5 Å². The van der Waals surface area contributed by atoms with E-state index in [-0.39, 0.29) is 24.2 Å². The number of fused-ring (bicyclic) bond motifs is 3. The van der Waals surface area contributed by atoms with Gasteiger partial charge in [0, 0.05) is 46.4 Å². The Morgan fingerprint density at radius 1 is 1.07 bits per heavy atom. The number of pyridine rings is 1. The lowest BCUT2D eigenvalue weighted by Gasteiger charge is -2.54. The Balaban J connectivity index is 1.00. The Kier molecular flexibility index (Phi) is 7.04. The fourth-order valence-corrected chi connectivity index (χ4v) is 6.73. The number of methoxy groups -OCH3 is 1. The predicted octanol–water partition coefficient (Wildman–Crippen LogP) is 7.21. The Morgan fingerprint density at radius 2 is 1.83 bits per heavy atom. The summed E-state index contributed by atoms with van der Waals surface area (Å²) < 4.78 is 17.0. The number of halogens is 2. The number of anilines is 1. The topological polar surface area (TPSA) is 107 Å². The molecule has 4 aromatic rings. The van der Waals surface area contributed by atoms with Crippen molar-refractivity contribution in [1.29, 1.82) is 0 Å². The zero-order valence-corrected chi connectivity index (χ0v) is 24.3. The van der Waals surface area contributed by atoms with Crippen LogP contribution in [0.3, 0.4) is 0 Å². The molecule has 8 rings (SSSR count). The first-order valence-electron chi connectivity index (χ1n) is 14.0. The summed E-state index contributed by atoms with van der Waals surface area (Å²) in [5.41, 5.74) is 3.91. The molecule has 4 fully saturated rings. The lowest BCUT2D eigenvalue weighted by Crippen LogP contribution is -2.65. The molecule has 4 heterocycles. The highest BCUT2D eigenvalue weighted by Gasteiger charge is 2.48. The van der Waals surface area contributed by atoms with Crippen LogP contribution >= 0.6 is 23.2 Å². The maximum Gasteiger partial charge on any atom is 0.339 e. The molecular weight excluding hydrogens is 579 g/mol. The maximum atomic E-state index is 13.2. The average molecular weight is 607 g/mol. The van der Waals surface area contributed by atoms with Gasteiger partial charge in [0.25, 0.3) is 0 Å². The van der Waals surface area contributed by atoms with Crippen molar-refractivity contribution in [2.45, 2.75) is 62.8 Å². The van der Waals surface area contributed by atoms with Gasteiger partial charge in [-0.1, -0.05) is 40.5 Å². The van der Waals surface area contributed by atoms with E-state index in [1.807, 2.05) is 17.0 Å². The Bertz CT molecular complexity index is 1670. The molecule has 2 amide bonds. The van der Waals surface area contributed by atoms with E-state index in [1.165, 1.54) is 13.3 Å². The van der Waals surface area contributed by atoms with Crippen molar-refractivity contribution in [2.24, 2.45) is 0 Å². The molecule has 0 radical (unpaired) electrons. The second-order valence-corrected chi connectivity index (χ2v) is 12.0. The molecule has 11 heteroatoms. The van der Waals surface area contributed by atoms with Gasteiger partial charge in [0.1, 0.15) is 11.5 Å². The third-order valence-corrected chi connectivity index (χ3v) is 9.05. The van der Waals surface area contributed by atoms with Gasteiger partial charge >= 0.3 is 12.0 Å². The van der Waals surface area contributed by atoms with Crippen molar-refractivity contribution in [1.82, 2.24) is 15.0 Å². The van der Waals surface area contributed by atoms with Gasteiger partial charge in [-0.05, 0) is 62.4 Å². The minimum Gasteiger partial charge on any atom is -0.465 e. The van der Waals surface area contributed by atoms with Crippen molar-refractivity contribution >= 4 is 51.8 Å². The Hall–Kier alpha value is -3.66. The number of amides is 2. The summed E-state index contributed by atoms with van der Waals surface area (Å²) in [5, 5.41) is 9.20. The van der Waals surface area contributed by atoms with E-state index < -0.39 is 5.97 Å². The number of nitrogens with one attached hydrogen (secondary N) is 1. The molecule has 4 aliphatic rings. The number of hydrogen-bond donors (Lipinski definition) is 1. The molecule has 2 aromatic carbocycles. The Morgan fingerprint density at radius 3 is 2.55 bits per heavy atom. The summed E-state index contributed by atoms with van der Waals surface area (Å²) in [6.07, 6.45) is 6.10. The largest absolute Gasteiger partial charge is 0.465 e. The SMILES string of the molecule is COC(=O)c1cnc2cc(NC(=O)N3C4CC(OCc5c(-c6c(Cl)cccc6Cl)noc5C5CC5)CC3C4)ccc2c1. The van der Waals surface area contributed by atoms with Crippen LogP contribution in [0.5, 0.6) is 0 Å². The summed E-state index contributed by atoms with van der Waals surface area (Å²) in [6.45, 7) is 0.351. The first-order valence-corrected chi connectivity index (χ1v) is 14.8. The van der Waals surface area contributed by atoms with Gasteiger partial charge in [0.2, 0.25) is 0 Å². The summed E-state index contributed by atoms with van der Waals surface area (Å²) in [6, 6.07) is 12.6. The molecule has 2 unspecified atom stereocenters. The molecule has 2 aromatic heterocycles. The fourth-order valence-electron chi connectivity index (χ4n) is 6.16. The van der Waals surface area contributed by atoms with E-state index in [9.17, 15) is 9.59 Å². The number of aromatic nitrogens is 2. The molecule has 2 aliphatic heterocycles. The summed E-state index contributed by atoms with van der Waals surface area (Å²) in [4.78, 5) is 31.3. The highest BCUT2D eigenvalue weighted by atomic mass is 35.5. The van der Waals surface area contributed by atoms with Crippen LogP contribution in [0.1, 0.15) is 59.7 Å². The number of hydrogen-bond acceptors (Lipinski definition) is 7. The molecule has 2 bridgehead atoms. The van der Waals surface area contributed by atoms with Crippen LogP contribution in [0.2, 0.25) is 10.0 Å². The molecule has 9 nitrogen and oxygen atoms in total. The number of carbonyl (C=O) groups excluding carboxylic acids is 2. The van der Waals surface area contributed by atoms with E-state index in [2.05, 4.69) is 15.5 Å². The number of benzene rings is 2. The van der Waals surface area contributed by atoms with Crippen molar-refractivity contribution in [3.8, 4) is 11.3 Å². The van der Waals surface area contributed by atoms with Gasteiger partial charge in [-0.25, -0.2) is 9.59 Å². The predicted molar refractivity (Wildman–Crippen MR) is 158 cm³/mol. The van der Waals surface area contributed by atoms with Crippen molar-refractivity contribution in [2.75, 3.05) is 12.4 Å². The molecule has 2 atom stereocenters. The molecule has 216 valence electrons. The second kappa shape index (κ2) is 10.9. The Labute approximate surface area is 252 Å². The first-order chi connectivity index (χ1) is 20.4. The zero-order chi connectivity index (χ0) is 29.0. The average Bonchev–Trinajstić information content (AvgIpc) is 3.75. The summed E-state index contributed by atoms with van der Waals surface area (Å²) in [7, 11) is 1.33. The van der Waals surface area contributed by atoms with Gasteiger partial charge in [-0.2, -0.15) is 0 Å². The van der Waals surface area contributed by atoms with E-state index in [0.717, 1.165) is 48.8 Å². The quantitative estimate of drug-likeness (QED) is 0.221. The summed E-state index contributed by atoms with van der Waals surface area (Å²) >= 11 is 13.0. The van der Waals surface area contributed by atoms with Crippen molar-refractivity contribution in [3.05, 3.63) is 75.6 Å². The number of urea groups is 1. The monoisotopic (exact) mass is 606 g/mol. The molecule has 2 saturated heterocycles. The number of esters is 1. The van der Waals surface area contributed by atoms with Crippen molar-refractivity contribution < 1.29 is 23.6 Å². The number of rotatable bonds is 7. The molecule has 1 N–H and O–H groups in total. The molecular formula is C31H28Cl2N4O5. The first kappa shape index (κ1) is 27.2. The molecule has 42 heavy (non-hydrogen) atoms. The van der Waals surface area contributed by atoms with Crippen LogP contribution in [0.15, 0.2) is 53.2 Å². The second-order valence-electron chi connectivity index (χ2n) is 11.2. The third kappa shape index (κ3) is 4.99. The number of piperidine rings is 1. The maximum absolute atomic E-state index is 13.2. The van der Waals surface area contributed by atoms with Crippen LogP contribution in [-0.4, -0.2) is 52.3 Å². The van der Waals surface area contributed by atoms with Crippen molar-refractivity contribution in [3.63, 3.8) is 0 Å². The van der Waals surface area contributed by atoms with Crippen LogP contribution in [-0.2, 0) is 16.1 Å². The fraction of sp³-hybridized carbons (Fsp3) is 0.355. The number of ether oxygens (including phenoxy) is 2. The van der Waals surface area contributed by atoms with E-state index in [0.29, 0.717) is 50.6 Å². The standard InChI is InChI=1S/C31H28Cl2N4O5/c1-40-30(38)18-9-17-7-8-19(10-26(17)34-14-18)35-31(39)37-20-11-21(37)13-22(12-20)41-15-23-28(36-42-29(23)16-5-6-16)27-24(32)3-2-4-25(27)33/h2-4,7-10,14,16,20-22H,5-6,11-13,15H2,1H3,(H,35,39). The minimum absolute atomic E-state index is 0.0168. The van der Waals surface area contributed by atoms with E-state index in [1.54, 1.807) is 30.3 Å². The van der Waals surface area contributed by atoms with Crippen LogP contribution < -0.4 is 5.32 Å². The minimum atomic E-state index is -0.441. The van der Waals surface area contributed by atoms with Gasteiger partial charge < -0.3 is 24.2 Å². The lowest BCUT2D eigenvalue weighted by atomic mass is 9.78. The lowest BCUT2D eigenvalue weighted by molar-refractivity contribution is -0.0837. The third-order valence-electron chi connectivity index (χ3n) is 8.42. The van der Waals surface area contributed by atoms with Crippen LogP contribution in [0.25, 0.3) is 22.2 Å². The smallest absolute Gasteiger partial charge is 0.339 e. The van der Waals surface area contributed by atoms with Gasteiger partial charge in [-0.15, -0.1) is 0 Å². The number of carbonyl (C=O) groups is 2. The van der Waals surface area contributed by atoms with Crippen LogP contribution in [0, 0.1) is 0 Å². The molecule has 2 aliphatic carbocycles. The molecule has 0 spiro atoms. The highest BCUT2D eigenvalue weighted by molar-refractivity contribution is 6.39. The van der Waals surface area contributed by atoms with Gasteiger partial charge in [-0.3, -0.25) is 4.98 Å². The summed E-state index contributed by atoms with van der Waals surface area (Å²) in [5.74, 6) is 0.767. The van der Waals surface area contributed by atoms with Gasteiger partial charge in [0.05, 0.1) is 40.9 Å².